The molecule has 2 aromatic rings. The summed E-state index contributed by atoms with van der Waals surface area (Å²) in [6.07, 6.45) is 1.73. The second kappa shape index (κ2) is 5.66. The van der Waals surface area contributed by atoms with Crippen molar-refractivity contribution in [3.63, 3.8) is 0 Å². The van der Waals surface area contributed by atoms with E-state index in [2.05, 4.69) is 20.9 Å². The molecular formula is C11H8BrNO2S2. The normalized spacial score (nSPS) is 10.4. The molecule has 0 unspecified atom stereocenters. The molecule has 0 fully saturated rings. The van der Waals surface area contributed by atoms with Crippen molar-refractivity contribution in [1.82, 2.24) is 4.98 Å². The van der Waals surface area contributed by atoms with Gasteiger partial charge in [0.25, 0.3) is 0 Å². The first-order chi connectivity index (χ1) is 8.16. The summed E-state index contributed by atoms with van der Waals surface area (Å²) >= 11 is 6.10. The van der Waals surface area contributed by atoms with Gasteiger partial charge in [0.1, 0.15) is 4.88 Å². The van der Waals surface area contributed by atoms with Crippen LogP contribution in [0.1, 0.15) is 15.2 Å². The molecule has 0 aliphatic carbocycles. The van der Waals surface area contributed by atoms with Gasteiger partial charge in [0, 0.05) is 16.4 Å². The highest BCUT2D eigenvalue weighted by Gasteiger charge is 2.11. The van der Waals surface area contributed by atoms with Gasteiger partial charge < -0.3 is 5.11 Å². The maximum atomic E-state index is 10.9. The third kappa shape index (κ3) is 3.31. The van der Waals surface area contributed by atoms with Gasteiger partial charge in [-0.2, -0.15) is 0 Å². The zero-order chi connectivity index (χ0) is 12.3. The molecule has 0 radical (unpaired) electrons. The number of halogens is 1. The molecular weight excluding hydrogens is 322 g/mol. The summed E-state index contributed by atoms with van der Waals surface area (Å²) in [5.74, 6) is -0.237. The molecule has 0 amide bonds. The van der Waals surface area contributed by atoms with E-state index in [4.69, 9.17) is 5.11 Å². The lowest BCUT2D eigenvalue weighted by Gasteiger charge is -2.00. The lowest BCUT2D eigenvalue weighted by Crippen LogP contribution is -1.96. The van der Waals surface area contributed by atoms with Crippen LogP contribution in [-0.2, 0) is 5.75 Å². The predicted molar refractivity (Wildman–Crippen MR) is 72.8 cm³/mol. The van der Waals surface area contributed by atoms with Crippen LogP contribution in [0.4, 0.5) is 0 Å². The Morgan fingerprint density at radius 2 is 2.29 bits per heavy atom. The summed E-state index contributed by atoms with van der Waals surface area (Å²) in [5, 5.41) is 11.7. The van der Waals surface area contributed by atoms with Crippen LogP contribution < -0.4 is 0 Å². The third-order valence-electron chi connectivity index (χ3n) is 2.02. The highest BCUT2D eigenvalue weighted by atomic mass is 79.9. The first-order valence-corrected chi connectivity index (χ1v) is 7.36. The Kier molecular flexibility index (Phi) is 4.20. The van der Waals surface area contributed by atoms with Crippen molar-refractivity contribution in [3.8, 4) is 0 Å². The lowest BCUT2D eigenvalue weighted by molar-refractivity contribution is 0.0701. The van der Waals surface area contributed by atoms with Crippen molar-refractivity contribution in [1.29, 1.82) is 0 Å². The summed E-state index contributed by atoms with van der Waals surface area (Å²) < 4.78 is 0.934. The molecule has 0 aromatic carbocycles. The molecule has 0 atom stereocenters. The molecule has 0 saturated heterocycles. The summed E-state index contributed by atoms with van der Waals surface area (Å²) in [7, 11) is 0. The van der Waals surface area contributed by atoms with E-state index in [-0.39, 0.29) is 0 Å². The SMILES string of the molecule is O=C(O)c1sccc1CSc1ccc(Br)cn1. The fraction of sp³-hybridized carbons (Fsp3) is 0.0909. The smallest absolute Gasteiger partial charge is 0.346 e. The Hall–Kier alpha value is -0.850. The predicted octanol–water partition coefficient (Wildman–Crippen LogP) is 3.90. The largest absolute Gasteiger partial charge is 0.477 e. The van der Waals surface area contributed by atoms with E-state index in [1.165, 1.54) is 23.1 Å². The summed E-state index contributed by atoms with van der Waals surface area (Å²) in [4.78, 5) is 15.6. The third-order valence-corrected chi connectivity index (χ3v) is 4.42. The van der Waals surface area contributed by atoms with Crippen LogP contribution in [0.2, 0.25) is 0 Å². The fourth-order valence-electron chi connectivity index (χ4n) is 1.24. The molecule has 0 aliphatic heterocycles. The number of thiophene rings is 1. The van der Waals surface area contributed by atoms with Crippen LogP contribution in [0.25, 0.3) is 0 Å². The van der Waals surface area contributed by atoms with Crippen LogP contribution in [-0.4, -0.2) is 16.1 Å². The number of rotatable bonds is 4. The monoisotopic (exact) mass is 329 g/mol. The summed E-state index contributed by atoms with van der Waals surface area (Å²) in [6.45, 7) is 0. The second-order valence-electron chi connectivity index (χ2n) is 3.18. The molecule has 1 N–H and O–H groups in total. The number of hydrogen-bond donors (Lipinski definition) is 1. The van der Waals surface area contributed by atoms with Gasteiger partial charge in [0.15, 0.2) is 0 Å². The Balaban J connectivity index is 2.05. The van der Waals surface area contributed by atoms with Gasteiger partial charge in [-0.1, -0.05) is 0 Å². The average molecular weight is 330 g/mol. The Morgan fingerprint density at radius 1 is 1.47 bits per heavy atom. The number of carbonyl (C=O) groups is 1. The van der Waals surface area contributed by atoms with Gasteiger partial charge in [0.05, 0.1) is 5.03 Å². The van der Waals surface area contributed by atoms with E-state index < -0.39 is 5.97 Å². The lowest BCUT2D eigenvalue weighted by atomic mass is 10.3. The summed E-state index contributed by atoms with van der Waals surface area (Å²) in [6, 6.07) is 5.67. The minimum atomic E-state index is -0.862. The number of thioether (sulfide) groups is 1. The fourth-order valence-corrected chi connectivity index (χ4v) is 3.16. The number of aromatic nitrogens is 1. The van der Waals surface area contributed by atoms with Crippen molar-refractivity contribution in [3.05, 3.63) is 44.7 Å². The number of hydrogen-bond acceptors (Lipinski definition) is 4. The van der Waals surface area contributed by atoms with Crippen molar-refractivity contribution in [2.24, 2.45) is 0 Å². The molecule has 17 heavy (non-hydrogen) atoms. The molecule has 0 aliphatic rings. The first-order valence-electron chi connectivity index (χ1n) is 4.71. The van der Waals surface area contributed by atoms with E-state index in [9.17, 15) is 4.79 Å². The highest BCUT2D eigenvalue weighted by molar-refractivity contribution is 9.10. The van der Waals surface area contributed by atoms with Gasteiger partial charge in [-0.15, -0.1) is 23.1 Å². The van der Waals surface area contributed by atoms with Crippen LogP contribution in [0.3, 0.4) is 0 Å². The van der Waals surface area contributed by atoms with E-state index in [1.807, 2.05) is 18.2 Å². The van der Waals surface area contributed by atoms with Crippen molar-refractivity contribution in [2.75, 3.05) is 0 Å². The first kappa shape index (κ1) is 12.6. The zero-order valence-corrected chi connectivity index (χ0v) is 11.8. The van der Waals surface area contributed by atoms with Gasteiger partial charge in [-0.3, -0.25) is 0 Å². The van der Waals surface area contributed by atoms with E-state index in [0.717, 1.165) is 15.1 Å². The molecule has 0 bridgehead atoms. The van der Waals surface area contributed by atoms with Crippen LogP contribution in [0, 0.1) is 0 Å². The van der Waals surface area contributed by atoms with Gasteiger partial charge >= 0.3 is 5.97 Å². The molecule has 2 heterocycles. The number of aromatic carboxylic acids is 1. The molecule has 2 rings (SSSR count). The van der Waals surface area contributed by atoms with Crippen molar-refractivity contribution >= 4 is 45.0 Å². The van der Waals surface area contributed by atoms with E-state index in [0.29, 0.717) is 10.6 Å². The molecule has 0 saturated carbocycles. The number of pyridine rings is 1. The Bertz CT molecular complexity index is 525. The number of carboxylic acids is 1. The molecule has 2 aromatic heterocycles. The van der Waals surface area contributed by atoms with Gasteiger partial charge in [-0.25, -0.2) is 9.78 Å². The van der Waals surface area contributed by atoms with Crippen LogP contribution >= 0.6 is 39.0 Å². The summed E-state index contributed by atoms with van der Waals surface area (Å²) in [5.41, 5.74) is 0.845. The standard InChI is InChI=1S/C11H8BrNO2S2/c12-8-1-2-9(13-5-8)17-6-7-3-4-16-10(7)11(14)15/h1-5H,6H2,(H,14,15). The molecule has 88 valence electrons. The molecule has 0 spiro atoms. The van der Waals surface area contributed by atoms with E-state index >= 15 is 0 Å². The average Bonchev–Trinajstić information content (AvgIpc) is 2.76. The van der Waals surface area contributed by atoms with Crippen LogP contribution in [0.5, 0.6) is 0 Å². The van der Waals surface area contributed by atoms with Gasteiger partial charge in [0.2, 0.25) is 0 Å². The number of carboxylic acid groups (broad SMARTS) is 1. The minimum Gasteiger partial charge on any atom is -0.477 e. The van der Waals surface area contributed by atoms with Crippen LogP contribution in [0.15, 0.2) is 39.3 Å². The molecule has 6 heteroatoms. The van der Waals surface area contributed by atoms with Crippen molar-refractivity contribution in [2.45, 2.75) is 10.8 Å². The maximum absolute atomic E-state index is 10.9. The zero-order valence-electron chi connectivity index (χ0n) is 8.59. The number of nitrogens with zero attached hydrogens (tertiary/aromatic N) is 1. The second-order valence-corrected chi connectivity index (χ2v) is 6.01. The topological polar surface area (TPSA) is 50.2 Å². The quantitative estimate of drug-likeness (QED) is 0.864. The van der Waals surface area contributed by atoms with Gasteiger partial charge in [-0.05, 0) is 45.1 Å². The molecule has 3 nitrogen and oxygen atoms in total. The van der Waals surface area contributed by atoms with E-state index in [1.54, 1.807) is 11.6 Å². The van der Waals surface area contributed by atoms with Crippen molar-refractivity contribution < 1.29 is 9.90 Å². The highest BCUT2D eigenvalue weighted by Crippen LogP contribution is 2.26. The maximum Gasteiger partial charge on any atom is 0.346 e. The Morgan fingerprint density at radius 3 is 2.94 bits per heavy atom. The Labute approximate surface area is 115 Å². The minimum absolute atomic E-state index is 0.412.